The normalized spacial score (nSPS) is 11.1. The van der Waals surface area contributed by atoms with Gasteiger partial charge in [-0.2, -0.15) is 0 Å². The molecular formula is C13H14N2O4S2. The summed E-state index contributed by atoms with van der Waals surface area (Å²) in [4.78, 5) is 12.6. The molecule has 6 nitrogen and oxygen atoms in total. The minimum Gasteiger partial charge on any atom is -0.478 e. The van der Waals surface area contributed by atoms with Crippen molar-refractivity contribution in [3.8, 4) is 0 Å². The Morgan fingerprint density at radius 2 is 1.95 bits per heavy atom. The van der Waals surface area contributed by atoms with Gasteiger partial charge in [-0.3, -0.25) is 4.72 Å². The second-order valence-electron chi connectivity index (χ2n) is 4.48. The molecule has 2 rings (SSSR count). The number of hydrogen-bond acceptors (Lipinski definition) is 5. The molecule has 0 saturated carbocycles. The summed E-state index contributed by atoms with van der Waals surface area (Å²) in [5.74, 6) is -1.15. The Kier molecular flexibility index (Phi) is 4.19. The first kappa shape index (κ1) is 15.3. The number of aromatic carboxylic acids is 1. The maximum Gasteiger partial charge on any atom is 0.336 e. The number of nitrogens with zero attached hydrogens (tertiary/aromatic N) is 1. The second-order valence-corrected chi connectivity index (χ2v) is 7.30. The fourth-order valence-corrected chi connectivity index (χ4v) is 3.94. The van der Waals surface area contributed by atoms with E-state index in [1.807, 2.05) is 0 Å². The van der Waals surface area contributed by atoms with Crippen LogP contribution in [0.2, 0.25) is 0 Å². The molecule has 8 heteroatoms. The lowest BCUT2D eigenvalue weighted by molar-refractivity contribution is 0.0697. The Morgan fingerprint density at radius 3 is 2.52 bits per heavy atom. The third kappa shape index (κ3) is 3.34. The minimum absolute atomic E-state index is 0.0338. The third-order valence-corrected chi connectivity index (χ3v) is 5.52. The van der Waals surface area contributed by atoms with E-state index in [1.54, 1.807) is 43.3 Å². The van der Waals surface area contributed by atoms with Crippen LogP contribution in [0.3, 0.4) is 0 Å². The van der Waals surface area contributed by atoms with Gasteiger partial charge in [0.2, 0.25) is 0 Å². The highest BCUT2D eigenvalue weighted by atomic mass is 32.2. The highest BCUT2D eigenvalue weighted by molar-refractivity contribution is 7.94. The van der Waals surface area contributed by atoms with Crippen LogP contribution < -0.4 is 9.62 Å². The standard InChI is InChI=1S/C13H14N2O4S2/c1-15(2)11-6-4-3-5-10(11)14-21(18,19)12-7-9(8-20-12)13(16)17/h3-8,14H,1-2H3,(H,16,17). The van der Waals surface area contributed by atoms with Crippen LogP contribution in [0.4, 0.5) is 11.4 Å². The average Bonchev–Trinajstić information content (AvgIpc) is 2.89. The zero-order chi connectivity index (χ0) is 15.6. The summed E-state index contributed by atoms with van der Waals surface area (Å²) in [5.41, 5.74) is 1.12. The molecule has 21 heavy (non-hydrogen) atoms. The molecule has 0 atom stereocenters. The van der Waals surface area contributed by atoms with Gasteiger partial charge in [0.1, 0.15) is 4.21 Å². The van der Waals surface area contributed by atoms with E-state index >= 15 is 0 Å². The van der Waals surface area contributed by atoms with Crippen LogP contribution >= 0.6 is 11.3 Å². The fraction of sp³-hybridized carbons (Fsp3) is 0.154. The van der Waals surface area contributed by atoms with Crippen LogP contribution in [0.25, 0.3) is 0 Å². The average molecular weight is 326 g/mol. The number of nitrogens with one attached hydrogen (secondary N) is 1. The summed E-state index contributed by atoms with van der Waals surface area (Å²) >= 11 is 0.873. The fourth-order valence-electron chi connectivity index (χ4n) is 1.71. The molecule has 0 aliphatic heterocycles. The Hall–Kier alpha value is -2.06. The number of carboxylic acids is 1. The lowest BCUT2D eigenvalue weighted by Gasteiger charge is -2.17. The molecule has 2 N–H and O–H groups in total. The molecule has 2 aromatic rings. The molecule has 0 saturated heterocycles. The molecule has 112 valence electrons. The highest BCUT2D eigenvalue weighted by Gasteiger charge is 2.20. The number of carbonyl (C=O) groups is 1. The Morgan fingerprint density at radius 1 is 1.29 bits per heavy atom. The number of benzene rings is 1. The van der Waals surface area contributed by atoms with Gasteiger partial charge in [0.15, 0.2) is 0 Å². The van der Waals surface area contributed by atoms with E-state index in [4.69, 9.17) is 5.11 Å². The quantitative estimate of drug-likeness (QED) is 0.880. The number of para-hydroxylation sites is 2. The van der Waals surface area contributed by atoms with E-state index < -0.39 is 16.0 Å². The lowest BCUT2D eigenvalue weighted by Crippen LogP contribution is -2.16. The SMILES string of the molecule is CN(C)c1ccccc1NS(=O)(=O)c1cc(C(=O)O)cs1. The van der Waals surface area contributed by atoms with E-state index in [9.17, 15) is 13.2 Å². The van der Waals surface area contributed by atoms with Crippen molar-refractivity contribution < 1.29 is 18.3 Å². The van der Waals surface area contributed by atoms with Crippen molar-refractivity contribution in [1.29, 1.82) is 0 Å². The van der Waals surface area contributed by atoms with Crippen molar-refractivity contribution in [2.24, 2.45) is 0 Å². The molecular weight excluding hydrogens is 312 g/mol. The molecule has 0 spiro atoms. The van der Waals surface area contributed by atoms with Crippen LogP contribution in [-0.4, -0.2) is 33.6 Å². The van der Waals surface area contributed by atoms with Crippen LogP contribution in [0.1, 0.15) is 10.4 Å². The van der Waals surface area contributed by atoms with Crippen molar-refractivity contribution in [3.05, 3.63) is 41.3 Å². The predicted octanol–water partition coefficient (Wildman–Crippen LogP) is 2.31. The van der Waals surface area contributed by atoms with Gasteiger partial charge < -0.3 is 10.0 Å². The van der Waals surface area contributed by atoms with E-state index in [-0.39, 0.29) is 9.77 Å². The van der Waals surface area contributed by atoms with E-state index in [0.29, 0.717) is 5.69 Å². The monoisotopic (exact) mass is 326 g/mol. The van der Waals surface area contributed by atoms with E-state index in [2.05, 4.69) is 4.72 Å². The number of carboxylic acid groups (broad SMARTS) is 1. The number of rotatable bonds is 5. The molecule has 1 aromatic heterocycles. The summed E-state index contributed by atoms with van der Waals surface area (Å²) in [6, 6.07) is 8.11. The summed E-state index contributed by atoms with van der Waals surface area (Å²) in [6.07, 6.45) is 0. The Bertz CT molecular complexity index is 766. The Balaban J connectivity index is 2.35. The van der Waals surface area contributed by atoms with Gasteiger partial charge in [0, 0.05) is 19.5 Å². The van der Waals surface area contributed by atoms with Gasteiger partial charge in [0.05, 0.1) is 16.9 Å². The Labute approximate surface area is 126 Å². The predicted molar refractivity (Wildman–Crippen MR) is 82.9 cm³/mol. The van der Waals surface area contributed by atoms with Gasteiger partial charge in [-0.1, -0.05) is 12.1 Å². The molecule has 0 amide bonds. The molecule has 0 aliphatic carbocycles. The molecule has 0 aliphatic rings. The topological polar surface area (TPSA) is 86.7 Å². The van der Waals surface area contributed by atoms with Crippen molar-refractivity contribution in [3.63, 3.8) is 0 Å². The summed E-state index contributed by atoms with van der Waals surface area (Å²) in [5, 5.41) is 10.2. The number of thiophene rings is 1. The van der Waals surface area contributed by atoms with Crippen LogP contribution in [-0.2, 0) is 10.0 Å². The number of anilines is 2. The summed E-state index contributed by atoms with van der Waals surface area (Å²) in [6.45, 7) is 0. The van der Waals surface area contributed by atoms with Crippen LogP contribution in [0, 0.1) is 0 Å². The molecule has 0 unspecified atom stereocenters. The van der Waals surface area contributed by atoms with Gasteiger partial charge in [-0.15, -0.1) is 11.3 Å². The maximum atomic E-state index is 12.3. The number of hydrogen-bond donors (Lipinski definition) is 2. The van der Waals surface area contributed by atoms with Gasteiger partial charge >= 0.3 is 5.97 Å². The largest absolute Gasteiger partial charge is 0.478 e. The van der Waals surface area contributed by atoms with Gasteiger partial charge in [0.25, 0.3) is 10.0 Å². The highest BCUT2D eigenvalue weighted by Crippen LogP contribution is 2.28. The van der Waals surface area contributed by atoms with Crippen LogP contribution in [0.15, 0.2) is 39.9 Å². The zero-order valence-electron chi connectivity index (χ0n) is 11.4. The van der Waals surface area contributed by atoms with Gasteiger partial charge in [-0.05, 0) is 18.2 Å². The van der Waals surface area contributed by atoms with Crippen molar-refractivity contribution in [2.75, 3.05) is 23.7 Å². The summed E-state index contributed by atoms with van der Waals surface area (Å²) < 4.78 is 27.1. The van der Waals surface area contributed by atoms with Crippen molar-refractivity contribution in [1.82, 2.24) is 0 Å². The maximum absolute atomic E-state index is 12.3. The smallest absolute Gasteiger partial charge is 0.336 e. The van der Waals surface area contributed by atoms with E-state index in [1.165, 1.54) is 5.38 Å². The molecule has 1 heterocycles. The minimum atomic E-state index is -3.80. The summed E-state index contributed by atoms with van der Waals surface area (Å²) in [7, 11) is -0.191. The number of sulfonamides is 1. The molecule has 0 bridgehead atoms. The molecule has 0 fully saturated rings. The van der Waals surface area contributed by atoms with Crippen molar-refractivity contribution >= 4 is 38.7 Å². The first-order valence-corrected chi connectivity index (χ1v) is 8.28. The van der Waals surface area contributed by atoms with Crippen molar-refractivity contribution in [2.45, 2.75) is 4.21 Å². The zero-order valence-corrected chi connectivity index (χ0v) is 13.0. The van der Waals surface area contributed by atoms with E-state index in [0.717, 1.165) is 23.1 Å². The van der Waals surface area contributed by atoms with Crippen LogP contribution in [0.5, 0.6) is 0 Å². The second kappa shape index (κ2) is 5.74. The molecule has 1 aromatic carbocycles. The first-order valence-electron chi connectivity index (χ1n) is 5.92. The first-order chi connectivity index (χ1) is 9.81. The third-order valence-electron chi connectivity index (χ3n) is 2.72. The van der Waals surface area contributed by atoms with Gasteiger partial charge in [-0.25, -0.2) is 13.2 Å². The molecule has 0 radical (unpaired) electrons. The lowest BCUT2D eigenvalue weighted by atomic mass is 10.2.